The minimum Gasteiger partial charge on any atom is -0.295 e. The summed E-state index contributed by atoms with van der Waals surface area (Å²) in [6.07, 6.45) is 9.46. The molecule has 1 aliphatic carbocycles. The van der Waals surface area contributed by atoms with Crippen molar-refractivity contribution >= 4 is 5.78 Å². The Labute approximate surface area is 103 Å². The third-order valence-corrected chi connectivity index (χ3v) is 3.22. The Bertz CT molecular complexity index is 455. The van der Waals surface area contributed by atoms with Gasteiger partial charge in [-0.2, -0.15) is 5.10 Å². The van der Waals surface area contributed by atoms with Gasteiger partial charge >= 0.3 is 0 Å². The first-order valence-corrected chi connectivity index (χ1v) is 6.14. The van der Waals surface area contributed by atoms with E-state index in [1.807, 2.05) is 30.2 Å². The highest BCUT2D eigenvalue weighted by Crippen LogP contribution is 2.35. The van der Waals surface area contributed by atoms with E-state index in [9.17, 15) is 4.79 Å². The largest absolute Gasteiger partial charge is 0.295 e. The predicted molar refractivity (Wildman–Crippen MR) is 67.6 cm³/mol. The van der Waals surface area contributed by atoms with Crippen LogP contribution in [0.1, 0.15) is 38.7 Å². The maximum absolute atomic E-state index is 11.6. The summed E-state index contributed by atoms with van der Waals surface area (Å²) < 4.78 is 1.82. The van der Waals surface area contributed by atoms with Crippen LogP contribution in [0.5, 0.6) is 0 Å². The smallest absolute Gasteiger partial charge is 0.156 e. The predicted octanol–water partition coefficient (Wildman–Crippen LogP) is 2.67. The zero-order valence-electron chi connectivity index (χ0n) is 10.9. The molecule has 0 aromatic carbocycles. The molecule has 1 heterocycles. The third kappa shape index (κ3) is 3.29. The van der Waals surface area contributed by atoms with Gasteiger partial charge in [0, 0.05) is 19.7 Å². The third-order valence-electron chi connectivity index (χ3n) is 3.22. The molecule has 0 fully saturated rings. The molecule has 3 nitrogen and oxygen atoms in total. The van der Waals surface area contributed by atoms with Crippen LogP contribution in [0.2, 0.25) is 0 Å². The summed E-state index contributed by atoms with van der Waals surface area (Å²) in [6.45, 7) is 4.34. The van der Waals surface area contributed by atoms with Gasteiger partial charge in [-0.15, -0.1) is 0 Å². The number of allylic oxidation sites excluding steroid dienone is 2. The molecule has 3 heteroatoms. The molecule has 17 heavy (non-hydrogen) atoms. The van der Waals surface area contributed by atoms with Gasteiger partial charge in [-0.05, 0) is 36.3 Å². The maximum Gasteiger partial charge on any atom is 0.156 e. The summed E-state index contributed by atoms with van der Waals surface area (Å²) >= 11 is 0. The van der Waals surface area contributed by atoms with E-state index in [2.05, 4.69) is 18.9 Å². The molecule has 1 aromatic heterocycles. The van der Waals surface area contributed by atoms with Gasteiger partial charge in [0.2, 0.25) is 0 Å². The first kappa shape index (κ1) is 12.1. The topological polar surface area (TPSA) is 34.9 Å². The lowest BCUT2D eigenvalue weighted by atomic mass is 9.76. The van der Waals surface area contributed by atoms with Crippen molar-refractivity contribution in [2.45, 2.75) is 39.5 Å². The van der Waals surface area contributed by atoms with Crippen LogP contribution in [0.4, 0.5) is 0 Å². The lowest BCUT2D eigenvalue weighted by molar-refractivity contribution is -0.117. The Kier molecular flexibility index (Phi) is 3.18. The second kappa shape index (κ2) is 4.47. The SMILES string of the molecule is Cn1cc(CCC2=CC(=O)CC(C)(C)C2)cn1. The Hall–Kier alpha value is -1.38. The van der Waals surface area contributed by atoms with E-state index < -0.39 is 0 Å². The quantitative estimate of drug-likeness (QED) is 0.803. The molecule has 92 valence electrons. The fourth-order valence-electron chi connectivity index (χ4n) is 2.55. The summed E-state index contributed by atoms with van der Waals surface area (Å²) in [5, 5.41) is 4.15. The Morgan fingerprint density at radius 3 is 2.71 bits per heavy atom. The highest BCUT2D eigenvalue weighted by molar-refractivity contribution is 5.91. The second-order valence-corrected chi connectivity index (χ2v) is 5.81. The molecule has 0 aliphatic heterocycles. The first-order chi connectivity index (χ1) is 7.94. The summed E-state index contributed by atoms with van der Waals surface area (Å²) in [5.74, 6) is 0.280. The minimum absolute atomic E-state index is 0.135. The number of ketones is 1. The van der Waals surface area contributed by atoms with Crippen LogP contribution in [-0.4, -0.2) is 15.6 Å². The van der Waals surface area contributed by atoms with Gasteiger partial charge in [-0.1, -0.05) is 19.4 Å². The molecule has 1 aromatic rings. The zero-order valence-corrected chi connectivity index (χ0v) is 10.9. The van der Waals surface area contributed by atoms with E-state index in [1.165, 1.54) is 11.1 Å². The van der Waals surface area contributed by atoms with E-state index in [1.54, 1.807) is 0 Å². The summed E-state index contributed by atoms with van der Waals surface area (Å²) in [5.41, 5.74) is 2.66. The average Bonchev–Trinajstić information content (AvgIpc) is 2.58. The monoisotopic (exact) mass is 232 g/mol. The van der Waals surface area contributed by atoms with Crippen molar-refractivity contribution < 1.29 is 4.79 Å². The van der Waals surface area contributed by atoms with Crippen molar-refractivity contribution in [1.82, 2.24) is 9.78 Å². The molecular formula is C14H20N2O. The van der Waals surface area contributed by atoms with Crippen LogP contribution in [0, 0.1) is 5.41 Å². The molecule has 0 saturated heterocycles. The highest BCUT2D eigenvalue weighted by atomic mass is 16.1. The molecule has 2 rings (SSSR count). The van der Waals surface area contributed by atoms with E-state index >= 15 is 0 Å². The highest BCUT2D eigenvalue weighted by Gasteiger charge is 2.26. The van der Waals surface area contributed by atoms with Gasteiger partial charge in [-0.25, -0.2) is 0 Å². The summed E-state index contributed by atoms with van der Waals surface area (Å²) in [6, 6.07) is 0. The number of aromatic nitrogens is 2. The number of hydrogen-bond donors (Lipinski definition) is 0. The fourth-order valence-corrected chi connectivity index (χ4v) is 2.55. The molecule has 0 bridgehead atoms. The van der Waals surface area contributed by atoms with Crippen molar-refractivity contribution in [3.05, 3.63) is 29.6 Å². The van der Waals surface area contributed by atoms with Gasteiger partial charge < -0.3 is 0 Å². The van der Waals surface area contributed by atoms with E-state index in [0.29, 0.717) is 6.42 Å². The van der Waals surface area contributed by atoms with Crippen molar-refractivity contribution in [1.29, 1.82) is 0 Å². The number of carbonyl (C=O) groups excluding carboxylic acids is 1. The molecule has 0 atom stereocenters. The van der Waals surface area contributed by atoms with Gasteiger partial charge in [0.05, 0.1) is 6.20 Å². The standard InChI is InChI=1S/C14H20N2O/c1-14(2)7-11(6-13(17)8-14)4-5-12-9-15-16(3)10-12/h6,9-10H,4-5,7-8H2,1-3H3. The van der Waals surface area contributed by atoms with Crippen molar-refractivity contribution in [3.63, 3.8) is 0 Å². The molecule has 0 radical (unpaired) electrons. The van der Waals surface area contributed by atoms with Gasteiger partial charge in [0.1, 0.15) is 0 Å². The molecule has 0 saturated carbocycles. The molecule has 0 N–H and O–H groups in total. The lowest BCUT2D eigenvalue weighted by Crippen LogP contribution is -2.21. The van der Waals surface area contributed by atoms with Gasteiger partial charge in [-0.3, -0.25) is 9.48 Å². The maximum atomic E-state index is 11.6. The molecule has 0 spiro atoms. The van der Waals surface area contributed by atoms with Crippen molar-refractivity contribution in [2.75, 3.05) is 0 Å². The van der Waals surface area contributed by atoms with Crippen molar-refractivity contribution in [3.8, 4) is 0 Å². The molecule has 0 unspecified atom stereocenters. The normalized spacial score (nSPS) is 19.2. The van der Waals surface area contributed by atoms with E-state index in [0.717, 1.165) is 19.3 Å². The average molecular weight is 232 g/mol. The van der Waals surface area contributed by atoms with E-state index in [-0.39, 0.29) is 11.2 Å². The number of carbonyl (C=O) groups is 1. The van der Waals surface area contributed by atoms with Crippen molar-refractivity contribution in [2.24, 2.45) is 12.5 Å². The Morgan fingerprint density at radius 1 is 1.35 bits per heavy atom. The Balaban J connectivity index is 1.97. The number of rotatable bonds is 3. The van der Waals surface area contributed by atoms with Crippen LogP contribution in [0.25, 0.3) is 0 Å². The van der Waals surface area contributed by atoms with Gasteiger partial charge in [0.25, 0.3) is 0 Å². The molecule has 0 amide bonds. The minimum atomic E-state index is 0.135. The lowest BCUT2D eigenvalue weighted by Gasteiger charge is -2.28. The van der Waals surface area contributed by atoms with Crippen LogP contribution in [0.3, 0.4) is 0 Å². The van der Waals surface area contributed by atoms with Crippen LogP contribution >= 0.6 is 0 Å². The van der Waals surface area contributed by atoms with Crippen LogP contribution < -0.4 is 0 Å². The fraction of sp³-hybridized carbons (Fsp3) is 0.571. The first-order valence-electron chi connectivity index (χ1n) is 6.14. The summed E-state index contributed by atoms with van der Waals surface area (Å²) in [4.78, 5) is 11.6. The number of nitrogens with zero attached hydrogens (tertiary/aromatic N) is 2. The Morgan fingerprint density at radius 2 is 2.12 bits per heavy atom. The van der Waals surface area contributed by atoms with Gasteiger partial charge in [0.15, 0.2) is 5.78 Å². The van der Waals surface area contributed by atoms with Crippen LogP contribution in [-0.2, 0) is 18.3 Å². The summed E-state index contributed by atoms with van der Waals surface area (Å²) in [7, 11) is 1.93. The second-order valence-electron chi connectivity index (χ2n) is 5.81. The zero-order chi connectivity index (χ0) is 12.5. The number of hydrogen-bond acceptors (Lipinski definition) is 2. The molecular weight excluding hydrogens is 212 g/mol. The van der Waals surface area contributed by atoms with Crippen LogP contribution in [0.15, 0.2) is 24.0 Å². The van der Waals surface area contributed by atoms with E-state index in [4.69, 9.17) is 0 Å². The number of aryl methyl sites for hydroxylation is 2. The molecule has 1 aliphatic rings.